The standard InChI is InChI=1S/C23H37ClN4O3/c1-16(2)13-28-21(24)19(17(3)25-28)10-11-20(29)27-12-8-9-18(15-27)14-26(7)22(30)31-23(4,5)6/h10-11,16,18H,8-9,12-15H2,1-7H3/b11-10+. The van der Waals surface area contributed by atoms with Gasteiger partial charge in [-0.15, -0.1) is 0 Å². The lowest BCUT2D eigenvalue weighted by Crippen LogP contribution is -2.44. The second kappa shape index (κ2) is 10.5. The molecule has 1 atom stereocenters. The van der Waals surface area contributed by atoms with Gasteiger partial charge in [0.25, 0.3) is 0 Å². The number of aromatic nitrogens is 2. The quantitative estimate of drug-likeness (QED) is 0.590. The van der Waals surface area contributed by atoms with Crippen LogP contribution in [0.1, 0.15) is 58.7 Å². The number of aryl methyl sites for hydroxylation is 1. The summed E-state index contributed by atoms with van der Waals surface area (Å²) in [5.74, 6) is 0.610. The van der Waals surface area contributed by atoms with E-state index in [1.54, 1.807) is 28.8 Å². The number of hydrogen-bond acceptors (Lipinski definition) is 4. The van der Waals surface area contributed by atoms with E-state index in [0.29, 0.717) is 24.2 Å². The number of carbonyl (C=O) groups is 2. The van der Waals surface area contributed by atoms with Crippen molar-refractivity contribution in [2.24, 2.45) is 11.8 Å². The number of piperidine rings is 1. The van der Waals surface area contributed by atoms with Crippen LogP contribution < -0.4 is 0 Å². The third-order valence-electron chi connectivity index (χ3n) is 5.11. The molecule has 0 radical (unpaired) electrons. The molecule has 2 heterocycles. The minimum atomic E-state index is -0.521. The predicted molar refractivity (Wildman–Crippen MR) is 124 cm³/mol. The average Bonchev–Trinajstić information content (AvgIpc) is 2.91. The van der Waals surface area contributed by atoms with Crippen molar-refractivity contribution in [3.63, 3.8) is 0 Å². The molecule has 0 N–H and O–H groups in total. The fraction of sp³-hybridized carbons (Fsp3) is 0.696. The van der Waals surface area contributed by atoms with Gasteiger partial charge in [0, 0.05) is 44.9 Å². The molecule has 1 unspecified atom stereocenters. The van der Waals surface area contributed by atoms with E-state index < -0.39 is 5.60 Å². The maximum absolute atomic E-state index is 12.8. The molecule has 8 heteroatoms. The van der Waals surface area contributed by atoms with Gasteiger partial charge in [-0.25, -0.2) is 4.79 Å². The topological polar surface area (TPSA) is 67.7 Å². The van der Waals surface area contributed by atoms with Gasteiger partial charge in [0.15, 0.2) is 0 Å². The van der Waals surface area contributed by atoms with Crippen LogP contribution >= 0.6 is 11.6 Å². The molecule has 2 rings (SSSR count). The first-order valence-corrected chi connectivity index (χ1v) is 11.4. The molecule has 0 spiro atoms. The Labute approximate surface area is 191 Å². The van der Waals surface area contributed by atoms with Crippen LogP contribution in [0.15, 0.2) is 6.08 Å². The molecule has 174 valence electrons. The molecule has 1 aliphatic heterocycles. The Kier molecular flexibility index (Phi) is 8.57. The van der Waals surface area contributed by atoms with E-state index >= 15 is 0 Å². The average molecular weight is 453 g/mol. The van der Waals surface area contributed by atoms with Crippen LogP contribution in [-0.4, -0.2) is 63.9 Å². The SMILES string of the molecule is Cc1nn(CC(C)C)c(Cl)c1/C=C/C(=O)N1CCCC(CN(C)C(=O)OC(C)(C)C)C1. The molecule has 2 amide bonds. The Bertz CT molecular complexity index is 810. The molecule has 1 saturated heterocycles. The van der Waals surface area contributed by atoms with Crippen LogP contribution in [0.5, 0.6) is 0 Å². The van der Waals surface area contributed by atoms with E-state index in [2.05, 4.69) is 18.9 Å². The Morgan fingerprint density at radius 3 is 2.65 bits per heavy atom. The second-order valence-electron chi connectivity index (χ2n) is 9.85. The fourth-order valence-electron chi connectivity index (χ4n) is 3.70. The highest BCUT2D eigenvalue weighted by atomic mass is 35.5. The van der Waals surface area contributed by atoms with E-state index in [9.17, 15) is 9.59 Å². The number of likely N-dealkylation sites (tertiary alicyclic amines) is 1. The third kappa shape index (κ3) is 7.56. The van der Waals surface area contributed by atoms with E-state index in [1.807, 2.05) is 32.6 Å². The summed E-state index contributed by atoms with van der Waals surface area (Å²) in [6.07, 6.45) is 4.90. The third-order valence-corrected chi connectivity index (χ3v) is 5.51. The van der Waals surface area contributed by atoms with E-state index in [1.165, 1.54) is 0 Å². The lowest BCUT2D eigenvalue weighted by Gasteiger charge is -2.34. The normalized spacial score (nSPS) is 17.5. The molecule has 0 aliphatic carbocycles. The molecule has 1 aromatic heterocycles. The molecule has 31 heavy (non-hydrogen) atoms. The second-order valence-corrected chi connectivity index (χ2v) is 10.2. The van der Waals surface area contributed by atoms with Crippen molar-refractivity contribution in [1.29, 1.82) is 0 Å². The Hall–Kier alpha value is -2.02. The number of rotatable bonds is 6. The van der Waals surface area contributed by atoms with E-state index in [-0.39, 0.29) is 17.9 Å². The van der Waals surface area contributed by atoms with Crippen LogP contribution in [0, 0.1) is 18.8 Å². The zero-order valence-electron chi connectivity index (χ0n) is 19.9. The van der Waals surface area contributed by atoms with Crippen LogP contribution in [0.2, 0.25) is 5.15 Å². The van der Waals surface area contributed by atoms with Gasteiger partial charge >= 0.3 is 6.09 Å². The van der Waals surface area contributed by atoms with Crippen molar-refractivity contribution >= 4 is 29.7 Å². The van der Waals surface area contributed by atoms with Gasteiger partial charge in [-0.3, -0.25) is 9.48 Å². The van der Waals surface area contributed by atoms with Crippen LogP contribution in [0.4, 0.5) is 4.79 Å². The summed E-state index contributed by atoms with van der Waals surface area (Å²) in [6, 6.07) is 0. The van der Waals surface area contributed by atoms with E-state index in [0.717, 1.165) is 37.2 Å². The van der Waals surface area contributed by atoms with Gasteiger partial charge in [-0.1, -0.05) is 25.4 Å². The molecule has 1 aliphatic rings. The highest BCUT2D eigenvalue weighted by Crippen LogP contribution is 2.23. The maximum Gasteiger partial charge on any atom is 0.410 e. The first-order chi connectivity index (χ1) is 14.4. The summed E-state index contributed by atoms with van der Waals surface area (Å²) in [7, 11) is 1.74. The van der Waals surface area contributed by atoms with Gasteiger partial charge in [-0.05, 0) is 58.4 Å². The van der Waals surface area contributed by atoms with Crippen molar-refractivity contribution in [1.82, 2.24) is 19.6 Å². The highest BCUT2D eigenvalue weighted by Gasteiger charge is 2.27. The largest absolute Gasteiger partial charge is 0.444 e. The molecular weight excluding hydrogens is 416 g/mol. The summed E-state index contributed by atoms with van der Waals surface area (Å²) in [6.45, 7) is 14.3. The minimum Gasteiger partial charge on any atom is -0.444 e. The minimum absolute atomic E-state index is 0.0447. The van der Waals surface area contributed by atoms with Gasteiger partial charge in [-0.2, -0.15) is 5.10 Å². The summed E-state index contributed by atoms with van der Waals surface area (Å²) >= 11 is 6.47. The summed E-state index contributed by atoms with van der Waals surface area (Å²) in [4.78, 5) is 28.5. The number of hydrogen-bond donors (Lipinski definition) is 0. The molecule has 0 bridgehead atoms. The summed E-state index contributed by atoms with van der Waals surface area (Å²) in [5, 5.41) is 5.05. The van der Waals surface area contributed by atoms with Crippen molar-refractivity contribution < 1.29 is 14.3 Å². The van der Waals surface area contributed by atoms with Crippen LogP contribution in [0.3, 0.4) is 0 Å². The fourth-order valence-corrected chi connectivity index (χ4v) is 4.01. The first-order valence-electron chi connectivity index (χ1n) is 11.0. The predicted octanol–water partition coefficient (Wildman–Crippen LogP) is 4.62. The number of halogens is 1. The Balaban J connectivity index is 1.97. The Morgan fingerprint density at radius 2 is 2.03 bits per heavy atom. The molecule has 0 aromatic carbocycles. The van der Waals surface area contributed by atoms with Crippen molar-refractivity contribution in [2.45, 2.75) is 66.5 Å². The Morgan fingerprint density at radius 1 is 1.35 bits per heavy atom. The number of ether oxygens (including phenoxy) is 1. The summed E-state index contributed by atoms with van der Waals surface area (Å²) < 4.78 is 7.21. The van der Waals surface area contributed by atoms with Gasteiger partial charge in [0.05, 0.1) is 5.69 Å². The molecule has 0 saturated carbocycles. The molecule has 1 aromatic rings. The smallest absolute Gasteiger partial charge is 0.410 e. The van der Waals surface area contributed by atoms with Crippen molar-refractivity contribution in [3.8, 4) is 0 Å². The zero-order valence-corrected chi connectivity index (χ0v) is 20.7. The highest BCUT2D eigenvalue weighted by molar-refractivity contribution is 6.31. The van der Waals surface area contributed by atoms with Gasteiger partial charge in [0.2, 0.25) is 5.91 Å². The number of nitrogens with zero attached hydrogens (tertiary/aromatic N) is 4. The molecule has 7 nitrogen and oxygen atoms in total. The lowest BCUT2D eigenvalue weighted by atomic mass is 9.97. The van der Waals surface area contributed by atoms with Crippen LogP contribution in [-0.2, 0) is 16.1 Å². The molecule has 1 fully saturated rings. The van der Waals surface area contributed by atoms with E-state index in [4.69, 9.17) is 16.3 Å². The monoisotopic (exact) mass is 452 g/mol. The van der Waals surface area contributed by atoms with Crippen molar-refractivity contribution in [3.05, 3.63) is 22.5 Å². The molecular formula is C23H37ClN4O3. The maximum atomic E-state index is 12.8. The van der Waals surface area contributed by atoms with Crippen molar-refractivity contribution in [2.75, 3.05) is 26.7 Å². The van der Waals surface area contributed by atoms with Gasteiger partial charge < -0.3 is 14.5 Å². The lowest BCUT2D eigenvalue weighted by molar-refractivity contribution is -0.127. The zero-order chi connectivity index (χ0) is 23.3. The number of carbonyl (C=O) groups excluding carboxylic acids is 2. The number of amides is 2. The van der Waals surface area contributed by atoms with Crippen LogP contribution in [0.25, 0.3) is 6.08 Å². The summed E-state index contributed by atoms with van der Waals surface area (Å²) in [5.41, 5.74) is 1.08. The van der Waals surface area contributed by atoms with Gasteiger partial charge in [0.1, 0.15) is 10.8 Å². The first kappa shape index (κ1) is 25.2.